The Morgan fingerprint density at radius 3 is 1.53 bits per heavy atom. The predicted molar refractivity (Wildman–Crippen MR) is 133 cm³/mol. The summed E-state index contributed by atoms with van der Waals surface area (Å²) in [4.78, 5) is 22.9. The number of esters is 2. The van der Waals surface area contributed by atoms with Crippen LogP contribution in [0.15, 0.2) is 61.1 Å². The van der Waals surface area contributed by atoms with Crippen molar-refractivity contribution in [3.8, 4) is 11.5 Å². The molecule has 0 bridgehead atoms. The fourth-order valence-corrected chi connectivity index (χ4v) is 2.47. The normalized spacial score (nSPS) is 10.1. The van der Waals surface area contributed by atoms with E-state index in [0.717, 1.165) is 0 Å². The monoisotopic (exact) mass is 476 g/mol. The first-order valence-electron chi connectivity index (χ1n) is 9.99. The van der Waals surface area contributed by atoms with E-state index in [-0.39, 0.29) is 18.7 Å². The minimum Gasteiger partial charge on any atom is -0.507 e. The molecule has 8 nitrogen and oxygen atoms in total. The van der Waals surface area contributed by atoms with Crippen molar-refractivity contribution in [2.75, 3.05) is 35.5 Å². The molecule has 2 aromatic carbocycles. The summed E-state index contributed by atoms with van der Waals surface area (Å²) in [5.74, 6) is -0.424. The maximum Gasteiger partial charge on any atom is 0.341 e. The van der Waals surface area contributed by atoms with Crippen molar-refractivity contribution in [3.05, 3.63) is 72.2 Å². The number of hydrogen-bond donors (Lipinski definition) is 1. The SMILES string of the molecule is C.CC.CO/C=C(/C(=O)OC)c1ccccc1O.CO/C=C(/C(=O)OC)c1ccccc1OC. The van der Waals surface area contributed by atoms with Crippen molar-refractivity contribution in [1.29, 1.82) is 0 Å². The van der Waals surface area contributed by atoms with Crippen LogP contribution < -0.4 is 4.74 Å². The Morgan fingerprint density at radius 2 is 1.12 bits per heavy atom. The standard InChI is InChI=1S/C12H14O4.C11H12O4.C2H6.CH4/c1-14-8-10(12(13)16-3)9-6-4-5-7-11(9)15-2;1-14-7-9(11(13)15-2)8-5-3-4-6-10(8)12;1-2;/h4-8H,1-3H3;3-7,12H,1-2H3;1-2H3;1H4/b10-8+;9-7+;;. The van der Waals surface area contributed by atoms with Crippen LogP contribution in [0.5, 0.6) is 11.5 Å². The molecule has 0 saturated carbocycles. The molecule has 0 spiro atoms. The van der Waals surface area contributed by atoms with Crippen molar-refractivity contribution in [3.63, 3.8) is 0 Å². The van der Waals surface area contributed by atoms with Crippen LogP contribution >= 0.6 is 0 Å². The molecule has 0 aliphatic heterocycles. The number of methoxy groups -OCH3 is 5. The van der Waals surface area contributed by atoms with Gasteiger partial charge in [-0.3, -0.25) is 0 Å². The van der Waals surface area contributed by atoms with Crippen LogP contribution in [0.3, 0.4) is 0 Å². The van der Waals surface area contributed by atoms with Gasteiger partial charge in [0.25, 0.3) is 0 Å². The molecule has 188 valence electrons. The molecule has 0 aromatic heterocycles. The third-order valence-electron chi connectivity index (χ3n) is 3.87. The lowest BCUT2D eigenvalue weighted by Crippen LogP contribution is -2.05. The second-order valence-electron chi connectivity index (χ2n) is 5.74. The highest BCUT2D eigenvalue weighted by Crippen LogP contribution is 2.27. The number of aromatic hydroxyl groups is 1. The second-order valence-corrected chi connectivity index (χ2v) is 5.74. The van der Waals surface area contributed by atoms with E-state index in [9.17, 15) is 14.7 Å². The lowest BCUT2D eigenvalue weighted by atomic mass is 10.1. The summed E-state index contributed by atoms with van der Waals surface area (Å²) in [6.07, 6.45) is 2.57. The lowest BCUT2D eigenvalue weighted by molar-refractivity contribution is -0.134. The van der Waals surface area contributed by atoms with Gasteiger partial charge in [-0.05, 0) is 12.1 Å². The van der Waals surface area contributed by atoms with Crippen molar-refractivity contribution in [1.82, 2.24) is 0 Å². The van der Waals surface area contributed by atoms with Crippen LogP contribution in [0.1, 0.15) is 32.4 Å². The molecule has 34 heavy (non-hydrogen) atoms. The average molecular weight is 477 g/mol. The summed E-state index contributed by atoms with van der Waals surface area (Å²) in [5.41, 5.74) is 1.52. The average Bonchev–Trinajstić information content (AvgIpc) is 2.87. The molecular formula is C26H36O8. The van der Waals surface area contributed by atoms with E-state index in [1.807, 2.05) is 26.0 Å². The van der Waals surface area contributed by atoms with Gasteiger partial charge in [0.1, 0.15) is 22.6 Å². The zero-order chi connectivity index (χ0) is 25.2. The van der Waals surface area contributed by atoms with Crippen LogP contribution in [-0.2, 0) is 28.5 Å². The Kier molecular flexibility index (Phi) is 17.7. The zero-order valence-corrected chi connectivity index (χ0v) is 20.1. The molecule has 0 aliphatic rings. The molecule has 1 N–H and O–H groups in total. The zero-order valence-electron chi connectivity index (χ0n) is 20.1. The number of phenols is 1. The largest absolute Gasteiger partial charge is 0.507 e. The number of para-hydroxylation sites is 2. The van der Waals surface area contributed by atoms with Gasteiger partial charge in [0.15, 0.2) is 0 Å². The lowest BCUT2D eigenvalue weighted by Gasteiger charge is -2.09. The molecule has 8 heteroatoms. The quantitative estimate of drug-likeness (QED) is 0.336. The molecule has 0 fully saturated rings. The third kappa shape index (κ3) is 9.68. The number of phenolic OH excluding ortho intramolecular Hbond substituents is 1. The maximum atomic E-state index is 11.5. The number of carbonyl (C=O) groups excluding carboxylic acids is 2. The van der Waals surface area contributed by atoms with E-state index in [2.05, 4.69) is 9.47 Å². The number of rotatable bonds is 7. The van der Waals surface area contributed by atoms with Gasteiger partial charge < -0.3 is 28.8 Å². The number of carbonyl (C=O) groups is 2. The molecule has 0 saturated heterocycles. The Labute approximate surface area is 202 Å². The summed E-state index contributed by atoms with van der Waals surface area (Å²) in [6, 6.07) is 13.6. The molecule has 0 heterocycles. The number of ether oxygens (including phenoxy) is 5. The van der Waals surface area contributed by atoms with E-state index in [0.29, 0.717) is 22.4 Å². The summed E-state index contributed by atoms with van der Waals surface area (Å²) < 4.78 is 24.0. The summed E-state index contributed by atoms with van der Waals surface area (Å²) in [6.45, 7) is 4.00. The van der Waals surface area contributed by atoms with Crippen LogP contribution in [0.2, 0.25) is 0 Å². The third-order valence-corrected chi connectivity index (χ3v) is 3.87. The van der Waals surface area contributed by atoms with Crippen molar-refractivity contribution in [2.24, 2.45) is 0 Å². The van der Waals surface area contributed by atoms with Crippen LogP contribution in [0.25, 0.3) is 11.1 Å². The first-order valence-corrected chi connectivity index (χ1v) is 9.99. The Morgan fingerprint density at radius 1 is 0.706 bits per heavy atom. The van der Waals surface area contributed by atoms with Crippen LogP contribution in [0.4, 0.5) is 0 Å². The first-order chi connectivity index (χ1) is 15.9. The van der Waals surface area contributed by atoms with Gasteiger partial charge in [-0.25, -0.2) is 9.59 Å². The van der Waals surface area contributed by atoms with Crippen LogP contribution in [0, 0.1) is 0 Å². The van der Waals surface area contributed by atoms with E-state index >= 15 is 0 Å². The highest BCUT2D eigenvalue weighted by molar-refractivity contribution is 6.17. The topological polar surface area (TPSA) is 101 Å². The van der Waals surface area contributed by atoms with Gasteiger partial charge in [0, 0.05) is 11.1 Å². The Bertz CT molecular complexity index is 932. The second kappa shape index (κ2) is 18.6. The van der Waals surface area contributed by atoms with Gasteiger partial charge in [0.05, 0.1) is 48.1 Å². The molecule has 0 unspecified atom stereocenters. The highest BCUT2D eigenvalue weighted by atomic mass is 16.5. The molecule has 2 aromatic rings. The predicted octanol–water partition coefficient (Wildman–Crippen LogP) is 5.07. The maximum absolute atomic E-state index is 11.5. The fraction of sp³-hybridized carbons (Fsp3) is 0.308. The van der Waals surface area contributed by atoms with Crippen molar-refractivity contribution in [2.45, 2.75) is 21.3 Å². The molecule has 0 aliphatic carbocycles. The van der Waals surface area contributed by atoms with Crippen LogP contribution in [-0.4, -0.2) is 52.6 Å². The highest BCUT2D eigenvalue weighted by Gasteiger charge is 2.17. The molecular weight excluding hydrogens is 440 g/mol. The number of benzene rings is 2. The smallest absolute Gasteiger partial charge is 0.341 e. The van der Waals surface area contributed by atoms with Gasteiger partial charge in [-0.1, -0.05) is 57.7 Å². The van der Waals surface area contributed by atoms with E-state index in [4.69, 9.17) is 14.2 Å². The molecule has 2 rings (SSSR count). The van der Waals surface area contributed by atoms with Gasteiger partial charge in [-0.2, -0.15) is 0 Å². The Hall–Kier alpha value is -3.94. The van der Waals surface area contributed by atoms with Gasteiger partial charge >= 0.3 is 11.9 Å². The molecule has 0 atom stereocenters. The van der Waals surface area contributed by atoms with Crippen molar-refractivity contribution < 1.29 is 38.4 Å². The summed E-state index contributed by atoms with van der Waals surface area (Å²) in [5, 5.41) is 9.55. The van der Waals surface area contributed by atoms with Gasteiger partial charge in [0.2, 0.25) is 0 Å². The molecule has 0 amide bonds. The first kappa shape index (κ1) is 32.2. The van der Waals surface area contributed by atoms with E-state index < -0.39 is 11.9 Å². The van der Waals surface area contributed by atoms with E-state index in [1.165, 1.54) is 47.0 Å². The molecule has 0 radical (unpaired) electrons. The Balaban J connectivity index is 0. The summed E-state index contributed by atoms with van der Waals surface area (Å²) in [7, 11) is 7.02. The number of hydrogen-bond acceptors (Lipinski definition) is 8. The fourth-order valence-electron chi connectivity index (χ4n) is 2.47. The summed E-state index contributed by atoms with van der Waals surface area (Å²) >= 11 is 0. The minimum absolute atomic E-state index is 0. The van der Waals surface area contributed by atoms with Crippen molar-refractivity contribution >= 4 is 23.1 Å². The minimum atomic E-state index is -0.557. The van der Waals surface area contributed by atoms with E-state index in [1.54, 1.807) is 37.4 Å². The van der Waals surface area contributed by atoms with Gasteiger partial charge in [-0.15, -0.1) is 0 Å².